The molecule has 3 N–H and O–H groups in total. The number of hydrogen-bond donors (Lipinski definition) is 3. The summed E-state index contributed by atoms with van der Waals surface area (Å²) in [6.07, 6.45) is 0.575. The maximum atomic E-state index is 12.0. The molecule has 2 rings (SSSR count). The maximum absolute atomic E-state index is 12.0. The first kappa shape index (κ1) is 16.3. The zero-order valence-electron chi connectivity index (χ0n) is 13.6. The number of nitrogens with one attached hydrogen (secondary N) is 2. The van der Waals surface area contributed by atoms with Crippen LogP contribution >= 0.6 is 0 Å². The van der Waals surface area contributed by atoms with Gasteiger partial charge in [0.25, 0.3) is 0 Å². The lowest BCUT2D eigenvalue weighted by Crippen LogP contribution is -2.57. The third-order valence-corrected chi connectivity index (χ3v) is 4.99. The molecule has 2 amide bonds. The molecule has 1 fully saturated rings. The van der Waals surface area contributed by atoms with Crippen molar-refractivity contribution < 1.29 is 19.2 Å². The van der Waals surface area contributed by atoms with Crippen molar-refractivity contribution in [1.29, 1.82) is 0 Å². The molecule has 1 aliphatic rings. The van der Waals surface area contributed by atoms with Crippen LogP contribution in [-0.2, 0) is 4.79 Å². The molecule has 122 valence electrons. The van der Waals surface area contributed by atoms with Gasteiger partial charge in [-0.05, 0) is 38.5 Å². The minimum atomic E-state index is -0.772. The van der Waals surface area contributed by atoms with Crippen molar-refractivity contribution in [1.82, 2.24) is 10.5 Å². The Kier molecular flexibility index (Phi) is 4.17. The second-order valence-corrected chi connectivity index (χ2v) is 6.65. The third kappa shape index (κ3) is 2.80. The maximum Gasteiger partial charge on any atom is 0.320 e. The summed E-state index contributed by atoms with van der Waals surface area (Å²) in [5, 5.41) is 18.5. The van der Waals surface area contributed by atoms with E-state index in [1.54, 1.807) is 6.92 Å². The number of aliphatic carboxylic acids is 1. The fourth-order valence-corrected chi connectivity index (χ4v) is 3.21. The fraction of sp³-hybridized carbons (Fsp3) is 0.667. The molecule has 7 nitrogen and oxygen atoms in total. The molecule has 0 aliphatic heterocycles. The summed E-state index contributed by atoms with van der Waals surface area (Å²) in [6.45, 7) is 9.35. The SMILES string of the molecule is Cc1onc(NC(=O)NC(C)[C@@H]2C[C@H](C(=O)O)C2(C)C)c1C. The van der Waals surface area contributed by atoms with Crippen LogP contribution in [0, 0.1) is 31.1 Å². The summed E-state index contributed by atoms with van der Waals surface area (Å²) in [4.78, 5) is 23.2. The number of aromatic nitrogens is 1. The van der Waals surface area contributed by atoms with Crippen LogP contribution in [0.25, 0.3) is 0 Å². The second-order valence-electron chi connectivity index (χ2n) is 6.65. The normalized spacial score (nSPS) is 24.2. The average Bonchev–Trinajstić information content (AvgIpc) is 2.68. The molecule has 0 bridgehead atoms. The molecule has 1 aromatic rings. The highest BCUT2D eigenvalue weighted by Gasteiger charge is 2.53. The zero-order chi connectivity index (χ0) is 16.7. The number of urea groups is 1. The quantitative estimate of drug-likeness (QED) is 0.792. The van der Waals surface area contributed by atoms with E-state index in [1.807, 2.05) is 27.7 Å². The van der Waals surface area contributed by atoms with Gasteiger partial charge in [-0.15, -0.1) is 0 Å². The summed E-state index contributed by atoms with van der Waals surface area (Å²) >= 11 is 0. The van der Waals surface area contributed by atoms with Crippen molar-refractivity contribution in [3.8, 4) is 0 Å². The van der Waals surface area contributed by atoms with Crippen molar-refractivity contribution in [2.24, 2.45) is 17.3 Å². The summed E-state index contributed by atoms with van der Waals surface area (Å²) in [7, 11) is 0. The van der Waals surface area contributed by atoms with Crippen LogP contribution in [0.3, 0.4) is 0 Å². The summed E-state index contributed by atoms with van der Waals surface area (Å²) in [5.41, 5.74) is 0.455. The van der Waals surface area contributed by atoms with Gasteiger partial charge < -0.3 is 14.9 Å². The molecule has 0 radical (unpaired) electrons. The first-order valence-electron chi connectivity index (χ1n) is 7.37. The number of amides is 2. The smallest absolute Gasteiger partial charge is 0.320 e. The van der Waals surface area contributed by atoms with E-state index in [0.29, 0.717) is 18.0 Å². The fourth-order valence-electron chi connectivity index (χ4n) is 3.21. The number of aryl methyl sites for hydroxylation is 1. The summed E-state index contributed by atoms with van der Waals surface area (Å²) in [5.74, 6) is 0.0580. The molecule has 1 saturated carbocycles. The van der Waals surface area contributed by atoms with E-state index in [0.717, 1.165) is 5.56 Å². The molecule has 1 aromatic heterocycles. The number of anilines is 1. The topological polar surface area (TPSA) is 104 Å². The molecule has 0 saturated heterocycles. The molecule has 1 unspecified atom stereocenters. The van der Waals surface area contributed by atoms with E-state index in [2.05, 4.69) is 15.8 Å². The Labute approximate surface area is 129 Å². The van der Waals surface area contributed by atoms with E-state index in [-0.39, 0.29) is 29.3 Å². The van der Waals surface area contributed by atoms with Crippen molar-refractivity contribution in [2.75, 3.05) is 5.32 Å². The molecule has 0 aromatic carbocycles. The van der Waals surface area contributed by atoms with Gasteiger partial charge >= 0.3 is 12.0 Å². The van der Waals surface area contributed by atoms with E-state index in [9.17, 15) is 9.59 Å². The molecular weight excluding hydrogens is 286 g/mol. The van der Waals surface area contributed by atoms with Crippen molar-refractivity contribution in [3.05, 3.63) is 11.3 Å². The first-order valence-corrected chi connectivity index (χ1v) is 7.37. The minimum absolute atomic E-state index is 0.125. The Hall–Kier alpha value is -2.05. The van der Waals surface area contributed by atoms with Gasteiger partial charge in [0.05, 0.1) is 5.92 Å². The van der Waals surface area contributed by atoms with Gasteiger partial charge in [-0.25, -0.2) is 4.79 Å². The van der Waals surface area contributed by atoms with Crippen LogP contribution in [0.1, 0.15) is 38.5 Å². The number of carbonyl (C=O) groups is 2. The van der Waals surface area contributed by atoms with E-state index in [4.69, 9.17) is 9.63 Å². The number of carboxylic acids is 1. The van der Waals surface area contributed by atoms with Gasteiger partial charge in [0, 0.05) is 11.6 Å². The highest BCUT2D eigenvalue weighted by molar-refractivity contribution is 5.89. The van der Waals surface area contributed by atoms with E-state index < -0.39 is 5.97 Å². The lowest BCUT2D eigenvalue weighted by molar-refractivity contribution is -0.160. The van der Waals surface area contributed by atoms with Crippen molar-refractivity contribution in [3.63, 3.8) is 0 Å². The minimum Gasteiger partial charge on any atom is -0.481 e. The molecule has 1 aliphatic carbocycles. The number of nitrogens with zero attached hydrogens (tertiary/aromatic N) is 1. The number of carboxylic acid groups (broad SMARTS) is 1. The van der Waals surface area contributed by atoms with Gasteiger partial charge in [0.15, 0.2) is 5.82 Å². The Balaban J connectivity index is 1.93. The van der Waals surface area contributed by atoms with Crippen LogP contribution < -0.4 is 10.6 Å². The van der Waals surface area contributed by atoms with Crippen LogP contribution in [0.4, 0.5) is 10.6 Å². The molecule has 0 spiro atoms. The highest BCUT2D eigenvalue weighted by atomic mass is 16.5. The first-order chi connectivity index (χ1) is 10.1. The number of rotatable bonds is 4. The van der Waals surface area contributed by atoms with Crippen LogP contribution in [0.15, 0.2) is 4.52 Å². The van der Waals surface area contributed by atoms with Gasteiger partial charge in [0.2, 0.25) is 0 Å². The van der Waals surface area contributed by atoms with E-state index >= 15 is 0 Å². The third-order valence-electron chi connectivity index (χ3n) is 4.99. The Morgan fingerprint density at radius 2 is 2.05 bits per heavy atom. The highest BCUT2D eigenvalue weighted by Crippen LogP contribution is 2.52. The van der Waals surface area contributed by atoms with Gasteiger partial charge in [-0.3, -0.25) is 10.1 Å². The summed E-state index contributed by atoms with van der Waals surface area (Å²) in [6, 6.07) is -0.489. The number of hydrogen-bond acceptors (Lipinski definition) is 4. The van der Waals surface area contributed by atoms with Crippen LogP contribution in [0.2, 0.25) is 0 Å². The molecule has 22 heavy (non-hydrogen) atoms. The Morgan fingerprint density at radius 3 is 2.50 bits per heavy atom. The molecule has 3 atom stereocenters. The predicted molar refractivity (Wildman–Crippen MR) is 80.6 cm³/mol. The monoisotopic (exact) mass is 309 g/mol. The molecule has 1 heterocycles. The molecular formula is C15H23N3O4. The zero-order valence-corrected chi connectivity index (χ0v) is 13.6. The van der Waals surface area contributed by atoms with Crippen molar-refractivity contribution >= 4 is 17.8 Å². The van der Waals surface area contributed by atoms with Crippen LogP contribution in [-0.4, -0.2) is 28.3 Å². The standard InChI is InChI=1S/C15H23N3O4/c1-7-9(3)22-18-12(7)17-14(21)16-8(2)10-6-11(13(19)20)15(10,4)5/h8,10-11H,6H2,1-5H3,(H,19,20)(H2,16,17,18,21)/t8?,10-,11+/m0/s1. The van der Waals surface area contributed by atoms with Gasteiger partial charge in [-0.2, -0.15) is 0 Å². The second kappa shape index (κ2) is 5.62. The summed E-state index contributed by atoms with van der Waals surface area (Å²) < 4.78 is 5.00. The lowest BCUT2D eigenvalue weighted by atomic mass is 9.53. The van der Waals surface area contributed by atoms with Crippen molar-refractivity contribution in [2.45, 2.75) is 47.1 Å². The Bertz CT molecular complexity index is 594. The van der Waals surface area contributed by atoms with E-state index in [1.165, 1.54) is 0 Å². The lowest BCUT2D eigenvalue weighted by Gasteiger charge is -2.52. The van der Waals surface area contributed by atoms with Gasteiger partial charge in [0.1, 0.15) is 5.76 Å². The van der Waals surface area contributed by atoms with Crippen LogP contribution in [0.5, 0.6) is 0 Å². The average molecular weight is 309 g/mol. The Morgan fingerprint density at radius 1 is 1.41 bits per heavy atom. The molecule has 7 heteroatoms. The predicted octanol–water partition coefficient (Wildman–Crippen LogP) is 2.55. The largest absolute Gasteiger partial charge is 0.481 e. The number of carbonyl (C=O) groups excluding carboxylic acids is 1. The van der Waals surface area contributed by atoms with Gasteiger partial charge in [-0.1, -0.05) is 19.0 Å².